The topological polar surface area (TPSA) is 63.1 Å². The molecule has 2 N–H and O–H groups in total. The number of halogens is 1. The van der Waals surface area contributed by atoms with Crippen LogP contribution in [-0.4, -0.2) is 45.1 Å². The minimum Gasteiger partial charge on any atom is -0.495 e. The smallest absolute Gasteiger partial charge is 0.282 e. The summed E-state index contributed by atoms with van der Waals surface area (Å²) in [6, 6.07) is 13.1. The van der Waals surface area contributed by atoms with Crippen molar-refractivity contribution in [3.63, 3.8) is 0 Å². The monoisotopic (exact) mass is 402 g/mol. The minimum atomic E-state index is -0.208. The Morgan fingerprint density at radius 3 is 2.75 bits per heavy atom. The number of hydrogen-bond donors (Lipinski definition) is 2. The summed E-state index contributed by atoms with van der Waals surface area (Å²) in [4.78, 5) is 27.9. The number of carbonyl (C=O) groups is 2. The second-order valence-corrected chi connectivity index (χ2v) is 7.59. The van der Waals surface area contributed by atoms with Crippen LogP contribution in [0.3, 0.4) is 0 Å². The molecule has 0 saturated heterocycles. The van der Waals surface area contributed by atoms with Gasteiger partial charge in [0.05, 0.1) is 19.8 Å². The molecule has 28 heavy (non-hydrogen) atoms. The van der Waals surface area contributed by atoms with Gasteiger partial charge in [-0.2, -0.15) is 0 Å². The minimum absolute atomic E-state index is 0.0167. The molecule has 0 aliphatic carbocycles. The summed E-state index contributed by atoms with van der Waals surface area (Å²) in [6.45, 7) is 2.44. The van der Waals surface area contributed by atoms with Crippen LogP contribution < -0.4 is 19.9 Å². The lowest BCUT2D eigenvalue weighted by Gasteiger charge is -2.24. The third kappa shape index (κ3) is 4.46. The first kappa shape index (κ1) is 20.2. The molecule has 2 atom stereocenters. The van der Waals surface area contributed by atoms with Crippen molar-refractivity contribution in [1.82, 2.24) is 0 Å². The van der Waals surface area contributed by atoms with Crippen molar-refractivity contribution in [1.29, 1.82) is 0 Å². The number of carbonyl (C=O) groups excluding carboxylic acids is 2. The number of hydrogen-bond acceptors (Lipinski definition) is 3. The third-order valence-electron chi connectivity index (χ3n) is 4.83. The van der Waals surface area contributed by atoms with E-state index in [-0.39, 0.29) is 30.9 Å². The number of nitrogens with zero attached hydrogens (tertiary/aromatic N) is 1. The Hall–Kier alpha value is -2.57. The van der Waals surface area contributed by atoms with Crippen LogP contribution in [0.5, 0.6) is 5.75 Å². The van der Waals surface area contributed by atoms with Gasteiger partial charge < -0.3 is 19.9 Å². The second kappa shape index (κ2) is 8.63. The predicted octanol–water partition coefficient (Wildman–Crippen LogP) is 1.78. The molecule has 1 unspecified atom stereocenters. The number of quaternary nitrogens is 1. The van der Waals surface area contributed by atoms with Gasteiger partial charge in [0.2, 0.25) is 0 Å². The lowest BCUT2D eigenvalue weighted by atomic mass is 10.1. The highest BCUT2D eigenvalue weighted by Gasteiger charge is 2.32. The van der Waals surface area contributed by atoms with Crippen LogP contribution in [-0.2, 0) is 16.0 Å². The average molecular weight is 403 g/mol. The molecule has 0 saturated carbocycles. The van der Waals surface area contributed by atoms with Gasteiger partial charge in [0.1, 0.15) is 5.75 Å². The SMILES string of the molecule is COc1ccc(Cl)cc1NC(=O)C[NH+](C)CC(=O)N1c2ccccc2C[C@H]1C. The van der Waals surface area contributed by atoms with E-state index in [2.05, 4.69) is 11.4 Å². The zero-order valence-electron chi connectivity index (χ0n) is 16.3. The van der Waals surface area contributed by atoms with Crippen LogP contribution in [0.15, 0.2) is 42.5 Å². The van der Waals surface area contributed by atoms with Crippen LogP contribution in [0.4, 0.5) is 11.4 Å². The second-order valence-electron chi connectivity index (χ2n) is 7.15. The van der Waals surface area contributed by atoms with Crippen molar-refractivity contribution < 1.29 is 19.2 Å². The van der Waals surface area contributed by atoms with Gasteiger partial charge in [0.25, 0.3) is 11.8 Å². The van der Waals surface area contributed by atoms with Crippen LogP contribution in [0, 0.1) is 0 Å². The molecule has 1 aliphatic heterocycles. The van der Waals surface area contributed by atoms with Gasteiger partial charge in [-0.15, -0.1) is 0 Å². The van der Waals surface area contributed by atoms with E-state index >= 15 is 0 Å². The van der Waals surface area contributed by atoms with E-state index in [0.717, 1.165) is 17.0 Å². The predicted molar refractivity (Wildman–Crippen MR) is 110 cm³/mol. The number of likely N-dealkylation sites (N-methyl/N-ethyl adjacent to an activating group) is 1. The van der Waals surface area contributed by atoms with Crippen LogP contribution in [0.2, 0.25) is 5.02 Å². The summed E-state index contributed by atoms with van der Waals surface area (Å²) >= 11 is 6.00. The Morgan fingerprint density at radius 2 is 2.00 bits per heavy atom. The Kier molecular flexibility index (Phi) is 6.21. The van der Waals surface area contributed by atoms with Gasteiger partial charge >= 0.3 is 0 Å². The number of benzene rings is 2. The van der Waals surface area contributed by atoms with Crippen molar-refractivity contribution in [3.05, 3.63) is 53.1 Å². The Morgan fingerprint density at radius 1 is 1.25 bits per heavy atom. The Balaban J connectivity index is 1.60. The van der Waals surface area contributed by atoms with Crippen LogP contribution in [0.25, 0.3) is 0 Å². The maximum absolute atomic E-state index is 12.8. The van der Waals surface area contributed by atoms with E-state index in [0.29, 0.717) is 16.5 Å². The summed E-state index contributed by atoms with van der Waals surface area (Å²) in [5.74, 6) is 0.345. The molecule has 2 aromatic carbocycles. The lowest BCUT2D eigenvalue weighted by molar-refractivity contribution is -0.862. The summed E-state index contributed by atoms with van der Waals surface area (Å²) in [6.07, 6.45) is 0.857. The van der Waals surface area contributed by atoms with E-state index in [1.807, 2.05) is 37.1 Å². The van der Waals surface area contributed by atoms with Crippen molar-refractivity contribution in [2.45, 2.75) is 19.4 Å². The molecule has 6 nitrogen and oxygen atoms in total. The number of methoxy groups -OCH3 is 1. The molecule has 0 fully saturated rings. The molecule has 1 aliphatic rings. The molecule has 2 amide bonds. The van der Waals surface area contributed by atoms with Crippen molar-refractivity contribution >= 4 is 34.8 Å². The molecule has 1 heterocycles. The van der Waals surface area contributed by atoms with E-state index in [9.17, 15) is 9.59 Å². The highest BCUT2D eigenvalue weighted by molar-refractivity contribution is 6.31. The first-order chi connectivity index (χ1) is 13.4. The van der Waals surface area contributed by atoms with Crippen molar-refractivity contribution in [2.75, 3.05) is 37.5 Å². The molecular formula is C21H25ClN3O3+. The average Bonchev–Trinajstić information content (AvgIpc) is 2.97. The number of ether oxygens (including phenoxy) is 1. The first-order valence-electron chi connectivity index (χ1n) is 9.23. The molecule has 148 valence electrons. The molecule has 7 heteroatoms. The van der Waals surface area contributed by atoms with Gasteiger partial charge in [-0.1, -0.05) is 29.8 Å². The number of nitrogens with one attached hydrogen (secondary N) is 2. The number of amides is 2. The number of rotatable bonds is 6. The largest absolute Gasteiger partial charge is 0.495 e. The van der Waals surface area contributed by atoms with Crippen LogP contribution >= 0.6 is 11.6 Å². The fraction of sp³-hybridized carbons (Fsp3) is 0.333. The van der Waals surface area contributed by atoms with E-state index in [4.69, 9.17) is 16.3 Å². The maximum Gasteiger partial charge on any atom is 0.282 e. The summed E-state index contributed by atoms with van der Waals surface area (Å²) in [5, 5.41) is 3.31. The first-order valence-corrected chi connectivity index (χ1v) is 9.61. The number of fused-ring (bicyclic) bond motifs is 1. The summed E-state index contributed by atoms with van der Waals surface area (Å²) in [5.41, 5.74) is 2.67. The normalized spacial score (nSPS) is 16.4. The Labute approximate surface area is 170 Å². The maximum atomic E-state index is 12.8. The molecule has 0 bridgehead atoms. The molecule has 0 spiro atoms. The standard InChI is InChI=1S/C21H24ClN3O3/c1-14-10-15-6-4-5-7-18(15)25(14)21(27)13-24(2)12-20(26)23-17-11-16(22)8-9-19(17)28-3/h4-9,11,14H,10,12-13H2,1-3H3,(H,23,26)/p+1/t14-/m1/s1. The van der Waals surface area contributed by atoms with Crippen LogP contribution in [0.1, 0.15) is 12.5 Å². The quantitative estimate of drug-likeness (QED) is 0.774. The molecule has 2 aromatic rings. The van der Waals surface area contributed by atoms with Gasteiger partial charge in [-0.3, -0.25) is 9.59 Å². The zero-order valence-corrected chi connectivity index (χ0v) is 17.0. The molecule has 0 aromatic heterocycles. The van der Waals surface area contributed by atoms with Crippen molar-refractivity contribution in [3.8, 4) is 5.75 Å². The van der Waals surface area contributed by atoms with Gasteiger partial charge in [0.15, 0.2) is 13.1 Å². The fourth-order valence-corrected chi connectivity index (χ4v) is 3.77. The highest BCUT2D eigenvalue weighted by atomic mass is 35.5. The summed E-state index contributed by atoms with van der Waals surface area (Å²) < 4.78 is 5.24. The van der Waals surface area contributed by atoms with Crippen molar-refractivity contribution in [2.24, 2.45) is 0 Å². The summed E-state index contributed by atoms with van der Waals surface area (Å²) in [7, 11) is 3.36. The van der Waals surface area contributed by atoms with Gasteiger partial charge in [-0.25, -0.2) is 0 Å². The van der Waals surface area contributed by atoms with E-state index in [1.165, 1.54) is 12.7 Å². The van der Waals surface area contributed by atoms with E-state index < -0.39 is 0 Å². The molecule has 3 rings (SSSR count). The highest BCUT2D eigenvalue weighted by Crippen LogP contribution is 2.31. The molecule has 0 radical (unpaired) electrons. The lowest BCUT2D eigenvalue weighted by Crippen LogP contribution is -3.11. The molecular weight excluding hydrogens is 378 g/mol. The van der Waals surface area contributed by atoms with E-state index in [1.54, 1.807) is 18.2 Å². The Bertz CT molecular complexity index is 887. The zero-order chi connectivity index (χ0) is 20.3. The fourth-order valence-electron chi connectivity index (χ4n) is 3.60. The van der Waals surface area contributed by atoms with Gasteiger partial charge in [0, 0.05) is 16.8 Å². The van der Waals surface area contributed by atoms with Gasteiger partial charge in [-0.05, 0) is 43.2 Å². The number of para-hydroxylation sites is 1. The number of anilines is 2. The third-order valence-corrected chi connectivity index (χ3v) is 5.06.